The molecule has 1 aliphatic heterocycles. The third-order valence-corrected chi connectivity index (χ3v) is 6.32. The highest BCUT2D eigenvalue weighted by molar-refractivity contribution is 5.99. The van der Waals surface area contributed by atoms with E-state index in [-0.39, 0.29) is 42.5 Å². The van der Waals surface area contributed by atoms with Crippen molar-refractivity contribution in [1.29, 1.82) is 0 Å². The molecule has 3 aromatic rings. The molecule has 33 heavy (non-hydrogen) atoms. The van der Waals surface area contributed by atoms with Gasteiger partial charge >= 0.3 is 0 Å². The first-order valence-corrected chi connectivity index (χ1v) is 10.7. The number of rotatable bonds is 6. The molecule has 0 aliphatic carbocycles. The number of amides is 1. The third-order valence-electron chi connectivity index (χ3n) is 6.32. The predicted octanol–water partition coefficient (Wildman–Crippen LogP) is 4.45. The van der Waals surface area contributed by atoms with Crippen LogP contribution in [0, 0.1) is 12.7 Å². The van der Waals surface area contributed by atoms with Crippen LogP contribution in [0.3, 0.4) is 0 Å². The first-order chi connectivity index (χ1) is 15.0. The Kier molecular flexibility index (Phi) is 9.67. The first-order valence-electron chi connectivity index (χ1n) is 10.7. The quantitative estimate of drug-likeness (QED) is 0.546. The molecule has 0 atom stereocenters. The number of likely N-dealkylation sites (tertiary alicyclic amines) is 1. The van der Waals surface area contributed by atoms with Crippen LogP contribution in [0.25, 0.3) is 11.0 Å². The summed E-state index contributed by atoms with van der Waals surface area (Å²) in [6.07, 6.45) is 5.12. The lowest BCUT2D eigenvalue weighted by molar-refractivity contribution is 0.0711. The number of hydrogen-bond donors (Lipinski definition) is 1. The van der Waals surface area contributed by atoms with Crippen LogP contribution >= 0.6 is 24.8 Å². The predicted molar refractivity (Wildman–Crippen MR) is 133 cm³/mol. The van der Waals surface area contributed by atoms with Crippen molar-refractivity contribution in [3.8, 4) is 0 Å². The highest BCUT2D eigenvalue weighted by atomic mass is 35.5. The lowest BCUT2D eigenvalue weighted by atomic mass is 9.88. The molecule has 4 rings (SSSR count). The summed E-state index contributed by atoms with van der Waals surface area (Å²) in [6.45, 7) is 4.86. The second kappa shape index (κ2) is 11.8. The van der Waals surface area contributed by atoms with E-state index in [9.17, 15) is 9.18 Å². The second-order valence-electron chi connectivity index (χ2n) is 8.16. The fourth-order valence-corrected chi connectivity index (χ4v) is 4.52. The van der Waals surface area contributed by atoms with Gasteiger partial charge in [0.25, 0.3) is 5.91 Å². The van der Waals surface area contributed by atoms with Crippen LogP contribution in [0.4, 0.5) is 4.39 Å². The number of aryl methyl sites for hydroxylation is 1. The summed E-state index contributed by atoms with van der Waals surface area (Å²) in [5.74, 6) is -0.103. The van der Waals surface area contributed by atoms with Crippen LogP contribution in [0.5, 0.6) is 0 Å². The highest BCUT2D eigenvalue weighted by Crippen LogP contribution is 2.32. The molecular formula is C24H31Cl2FN4O2. The Morgan fingerprint density at radius 3 is 2.64 bits per heavy atom. The number of nitrogens with zero attached hydrogens (tertiary/aromatic N) is 3. The molecule has 2 aromatic heterocycles. The van der Waals surface area contributed by atoms with Gasteiger partial charge in [-0.2, -0.15) is 0 Å². The molecule has 9 heteroatoms. The van der Waals surface area contributed by atoms with Crippen LogP contribution in [-0.4, -0.2) is 47.2 Å². The van der Waals surface area contributed by atoms with Gasteiger partial charge in [0.05, 0.1) is 23.2 Å². The minimum atomic E-state index is -0.190. The molecular weight excluding hydrogens is 466 g/mol. The molecule has 1 amide bonds. The molecule has 2 N–H and O–H groups in total. The van der Waals surface area contributed by atoms with Crippen molar-refractivity contribution in [3.05, 3.63) is 64.7 Å². The topological polar surface area (TPSA) is 73.4 Å². The van der Waals surface area contributed by atoms with Gasteiger partial charge in [-0.3, -0.25) is 9.78 Å². The molecule has 0 spiro atoms. The van der Waals surface area contributed by atoms with Gasteiger partial charge < -0.3 is 19.9 Å². The number of carbonyl (C=O) groups is 1. The Bertz CT molecular complexity index is 1100. The molecule has 1 aliphatic rings. The van der Waals surface area contributed by atoms with Gasteiger partial charge in [0.15, 0.2) is 0 Å². The monoisotopic (exact) mass is 496 g/mol. The Morgan fingerprint density at radius 1 is 1.24 bits per heavy atom. The van der Waals surface area contributed by atoms with E-state index in [0.29, 0.717) is 43.9 Å². The van der Waals surface area contributed by atoms with Crippen molar-refractivity contribution in [1.82, 2.24) is 14.5 Å². The summed E-state index contributed by atoms with van der Waals surface area (Å²) in [7, 11) is 1.67. The van der Waals surface area contributed by atoms with E-state index < -0.39 is 0 Å². The summed E-state index contributed by atoms with van der Waals surface area (Å²) >= 11 is 0. The van der Waals surface area contributed by atoms with E-state index in [0.717, 1.165) is 35.0 Å². The molecule has 1 saturated heterocycles. The number of piperidine rings is 1. The van der Waals surface area contributed by atoms with Gasteiger partial charge in [-0.25, -0.2) is 4.39 Å². The van der Waals surface area contributed by atoms with Crippen molar-refractivity contribution in [2.45, 2.75) is 38.8 Å². The van der Waals surface area contributed by atoms with Gasteiger partial charge in [-0.05, 0) is 54.5 Å². The fraction of sp³-hybridized carbons (Fsp3) is 0.417. The zero-order chi connectivity index (χ0) is 22.0. The molecule has 0 bridgehead atoms. The van der Waals surface area contributed by atoms with Crippen LogP contribution in [0.15, 0.2) is 36.7 Å². The minimum absolute atomic E-state index is 0. The number of nitrogens with two attached hydrogens (primary N) is 1. The zero-order valence-electron chi connectivity index (χ0n) is 18.9. The first kappa shape index (κ1) is 27.1. The Hall–Kier alpha value is -2.19. The maximum atomic E-state index is 14.4. The summed E-state index contributed by atoms with van der Waals surface area (Å²) in [5.41, 5.74) is 10.8. The highest BCUT2D eigenvalue weighted by Gasteiger charge is 2.27. The molecule has 0 radical (unpaired) electrons. The summed E-state index contributed by atoms with van der Waals surface area (Å²) in [6, 6.07) is 7.05. The van der Waals surface area contributed by atoms with E-state index in [1.807, 2.05) is 30.2 Å². The minimum Gasteiger partial charge on any atom is -0.383 e. The number of benzene rings is 1. The van der Waals surface area contributed by atoms with Gasteiger partial charge in [0, 0.05) is 45.7 Å². The molecule has 0 unspecified atom stereocenters. The van der Waals surface area contributed by atoms with Gasteiger partial charge in [0.1, 0.15) is 5.82 Å². The normalized spacial score (nSPS) is 14.1. The SMILES string of the molecule is COCCn1ccc2ncc(C(=O)N3CCC(c4cc(CN)ccc4F)CC3)c(C)c21.Cl.Cl. The summed E-state index contributed by atoms with van der Waals surface area (Å²) in [4.78, 5) is 19.7. The van der Waals surface area contributed by atoms with Crippen molar-refractivity contribution in [3.63, 3.8) is 0 Å². The lowest BCUT2D eigenvalue weighted by Gasteiger charge is -2.33. The standard InChI is InChI=1S/C24H29FN4O2.2ClH/c1-16-20(15-27-22-7-10-28(23(16)22)11-12-31-2)24(30)29-8-5-18(6-9-29)19-13-17(14-26)3-4-21(19)25;;/h3-4,7,10,13,15,18H,5-6,8-9,11-12,14,26H2,1-2H3;2*1H. The number of halogens is 3. The zero-order valence-corrected chi connectivity index (χ0v) is 20.6. The van der Waals surface area contributed by atoms with Crippen molar-refractivity contribution in [2.75, 3.05) is 26.8 Å². The molecule has 3 heterocycles. The van der Waals surface area contributed by atoms with Gasteiger partial charge in [0.2, 0.25) is 0 Å². The Labute approximate surface area is 206 Å². The van der Waals surface area contributed by atoms with E-state index in [2.05, 4.69) is 9.55 Å². The summed E-state index contributed by atoms with van der Waals surface area (Å²) in [5, 5.41) is 0. The third kappa shape index (κ3) is 5.49. The van der Waals surface area contributed by atoms with E-state index in [4.69, 9.17) is 10.5 Å². The number of methoxy groups -OCH3 is 1. The maximum absolute atomic E-state index is 14.4. The number of hydrogen-bond acceptors (Lipinski definition) is 4. The lowest BCUT2D eigenvalue weighted by Crippen LogP contribution is -2.38. The van der Waals surface area contributed by atoms with Gasteiger partial charge in [-0.15, -0.1) is 24.8 Å². The number of carbonyl (C=O) groups excluding carboxylic acids is 1. The number of pyridine rings is 1. The average molecular weight is 497 g/mol. The molecule has 6 nitrogen and oxygen atoms in total. The van der Waals surface area contributed by atoms with Crippen LogP contribution in [0.1, 0.15) is 45.8 Å². The molecule has 1 aromatic carbocycles. The van der Waals surface area contributed by atoms with Crippen molar-refractivity contribution in [2.24, 2.45) is 5.73 Å². The summed E-state index contributed by atoms with van der Waals surface area (Å²) < 4.78 is 21.6. The van der Waals surface area contributed by atoms with E-state index in [1.54, 1.807) is 19.4 Å². The van der Waals surface area contributed by atoms with E-state index in [1.165, 1.54) is 6.07 Å². The number of aromatic nitrogens is 2. The number of fused-ring (bicyclic) bond motifs is 1. The van der Waals surface area contributed by atoms with Gasteiger partial charge in [-0.1, -0.05) is 12.1 Å². The maximum Gasteiger partial charge on any atom is 0.255 e. The largest absolute Gasteiger partial charge is 0.383 e. The van der Waals surface area contributed by atoms with Crippen molar-refractivity contribution < 1.29 is 13.9 Å². The molecule has 0 saturated carbocycles. The Balaban J connectivity index is 0.00000193. The molecule has 180 valence electrons. The number of ether oxygens (including phenoxy) is 1. The van der Waals surface area contributed by atoms with Crippen LogP contribution in [-0.2, 0) is 17.8 Å². The second-order valence-corrected chi connectivity index (χ2v) is 8.16. The molecule has 1 fully saturated rings. The van der Waals surface area contributed by atoms with Crippen molar-refractivity contribution >= 4 is 41.8 Å². The van der Waals surface area contributed by atoms with E-state index >= 15 is 0 Å². The fourth-order valence-electron chi connectivity index (χ4n) is 4.52. The van der Waals surface area contributed by atoms with Crippen LogP contribution < -0.4 is 5.73 Å². The average Bonchev–Trinajstić information content (AvgIpc) is 3.22. The smallest absolute Gasteiger partial charge is 0.255 e. The Morgan fingerprint density at radius 2 is 1.97 bits per heavy atom. The van der Waals surface area contributed by atoms with Crippen LogP contribution in [0.2, 0.25) is 0 Å².